The SMILES string of the molecule is c1ccc2c(c1)oc1c(-c3c4ccccc4c(-c4ccc5c6ccccc6c6ccccc6c5c4)c4ccccc34)c3oc4ccccc4c3cc12. The van der Waals surface area contributed by atoms with Crippen molar-refractivity contribution in [3.8, 4) is 22.3 Å². The summed E-state index contributed by atoms with van der Waals surface area (Å²) in [5.41, 5.74) is 7.98. The number of furan rings is 2. The van der Waals surface area contributed by atoms with Crippen LogP contribution in [0.15, 0.2) is 179 Å². The second kappa shape index (κ2) is 10.3. The van der Waals surface area contributed by atoms with Crippen molar-refractivity contribution in [2.45, 2.75) is 0 Å². The number of para-hydroxylation sites is 2. The molecule has 0 N–H and O–H groups in total. The topological polar surface area (TPSA) is 26.3 Å². The van der Waals surface area contributed by atoms with Crippen LogP contribution in [0.5, 0.6) is 0 Å². The van der Waals surface area contributed by atoms with Crippen LogP contribution in [0.25, 0.3) is 120 Å². The highest BCUT2D eigenvalue weighted by atomic mass is 16.3. The van der Waals surface area contributed by atoms with Crippen molar-refractivity contribution >= 4 is 97.7 Å². The van der Waals surface area contributed by atoms with E-state index in [-0.39, 0.29) is 0 Å². The third kappa shape index (κ3) is 3.68. The van der Waals surface area contributed by atoms with Crippen LogP contribution in [0.1, 0.15) is 0 Å². The Balaban J connectivity index is 1.25. The van der Waals surface area contributed by atoms with Crippen molar-refractivity contribution in [1.82, 2.24) is 0 Å². The van der Waals surface area contributed by atoms with E-state index in [1.54, 1.807) is 0 Å². The van der Waals surface area contributed by atoms with Crippen molar-refractivity contribution in [3.05, 3.63) is 170 Å². The van der Waals surface area contributed by atoms with E-state index in [0.717, 1.165) is 65.8 Å². The highest BCUT2D eigenvalue weighted by Gasteiger charge is 2.25. The molecule has 0 bridgehead atoms. The predicted octanol–water partition coefficient (Wildman–Crippen LogP) is 14.6. The molecule has 0 amide bonds. The Labute approximate surface area is 297 Å². The normalized spacial score (nSPS) is 12.2. The minimum absolute atomic E-state index is 0.847. The summed E-state index contributed by atoms with van der Waals surface area (Å²) in [4.78, 5) is 0. The van der Waals surface area contributed by atoms with Gasteiger partial charge in [0.15, 0.2) is 0 Å². The quantitative estimate of drug-likeness (QED) is 0.136. The lowest BCUT2D eigenvalue weighted by molar-refractivity contribution is 0.658. The molecular weight excluding hydrogens is 633 g/mol. The zero-order chi connectivity index (χ0) is 33.9. The molecule has 0 radical (unpaired) electrons. The first-order valence-corrected chi connectivity index (χ1v) is 17.8. The molecule has 2 heterocycles. The molecule has 0 fully saturated rings. The molecule has 2 heteroatoms. The van der Waals surface area contributed by atoms with E-state index in [9.17, 15) is 0 Å². The minimum atomic E-state index is 0.847. The Kier molecular flexibility index (Phi) is 5.53. The summed E-state index contributed by atoms with van der Waals surface area (Å²) in [7, 11) is 0. The molecule has 0 aliphatic carbocycles. The second-order valence-electron chi connectivity index (χ2n) is 13.9. The van der Waals surface area contributed by atoms with Gasteiger partial charge in [0.25, 0.3) is 0 Å². The minimum Gasteiger partial charge on any atom is -0.455 e. The van der Waals surface area contributed by atoms with E-state index < -0.39 is 0 Å². The molecule has 0 saturated heterocycles. The smallest absolute Gasteiger partial charge is 0.147 e. The van der Waals surface area contributed by atoms with E-state index >= 15 is 0 Å². The van der Waals surface area contributed by atoms with Gasteiger partial charge in [-0.05, 0) is 89.3 Å². The van der Waals surface area contributed by atoms with Crippen LogP contribution in [0.3, 0.4) is 0 Å². The van der Waals surface area contributed by atoms with Crippen molar-refractivity contribution in [2.24, 2.45) is 0 Å². The zero-order valence-corrected chi connectivity index (χ0v) is 28.0. The highest BCUT2D eigenvalue weighted by molar-refractivity contribution is 6.31. The summed E-state index contributed by atoms with van der Waals surface area (Å²) in [6, 6.07) is 61.3. The van der Waals surface area contributed by atoms with E-state index in [4.69, 9.17) is 8.83 Å². The standard InChI is InChI=1S/C50H28O2/c1-2-15-32-30(13-1)31-14-3-4-16-33(31)41-27-29(25-26-34(32)41)46-37-19-5-7-21-39(37)47(40-22-8-6-20-38(40)46)48-49-42(35-17-9-11-23-44(35)51-49)28-43-36-18-10-12-24-45(36)52-50(43)48/h1-28H. The number of benzene rings is 10. The Morgan fingerprint density at radius 1 is 0.231 bits per heavy atom. The molecule has 0 saturated carbocycles. The van der Waals surface area contributed by atoms with Crippen molar-refractivity contribution < 1.29 is 8.83 Å². The average molecular weight is 661 g/mol. The van der Waals surface area contributed by atoms with Crippen molar-refractivity contribution in [3.63, 3.8) is 0 Å². The van der Waals surface area contributed by atoms with E-state index in [1.807, 2.05) is 12.1 Å². The number of hydrogen-bond acceptors (Lipinski definition) is 2. The average Bonchev–Trinajstić information content (AvgIpc) is 3.77. The molecular formula is C50H28O2. The maximum absolute atomic E-state index is 6.82. The summed E-state index contributed by atoms with van der Waals surface area (Å²) in [6.07, 6.45) is 0. The highest BCUT2D eigenvalue weighted by Crippen LogP contribution is 2.51. The summed E-state index contributed by atoms with van der Waals surface area (Å²) < 4.78 is 13.6. The third-order valence-electron chi connectivity index (χ3n) is 11.2. The fourth-order valence-electron chi connectivity index (χ4n) is 9.04. The Hall–Kier alpha value is -6.90. The van der Waals surface area contributed by atoms with Gasteiger partial charge in [-0.15, -0.1) is 0 Å². The first-order chi connectivity index (χ1) is 25.8. The molecule has 0 aliphatic heterocycles. The lowest BCUT2D eigenvalue weighted by Gasteiger charge is -2.19. The van der Waals surface area contributed by atoms with Crippen molar-refractivity contribution in [2.75, 3.05) is 0 Å². The van der Waals surface area contributed by atoms with Crippen LogP contribution in [0, 0.1) is 0 Å². The van der Waals surface area contributed by atoms with Gasteiger partial charge in [0.05, 0.1) is 5.56 Å². The van der Waals surface area contributed by atoms with Gasteiger partial charge in [-0.2, -0.15) is 0 Å². The van der Waals surface area contributed by atoms with Gasteiger partial charge in [0, 0.05) is 27.1 Å². The van der Waals surface area contributed by atoms with E-state index in [0.29, 0.717) is 0 Å². The number of fused-ring (bicyclic) bond motifs is 14. The van der Waals surface area contributed by atoms with Gasteiger partial charge in [-0.3, -0.25) is 0 Å². The van der Waals surface area contributed by atoms with E-state index in [1.165, 1.54) is 54.2 Å². The molecule has 10 aromatic carbocycles. The molecule has 0 unspecified atom stereocenters. The first-order valence-electron chi connectivity index (χ1n) is 17.8. The zero-order valence-electron chi connectivity index (χ0n) is 28.0. The fraction of sp³-hybridized carbons (Fsp3) is 0. The van der Waals surface area contributed by atoms with Crippen molar-refractivity contribution in [1.29, 1.82) is 0 Å². The Bertz CT molecular complexity index is 3290. The molecule has 0 atom stereocenters. The molecule has 12 rings (SSSR count). The van der Waals surface area contributed by atoms with Gasteiger partial charge in [-0.25, -0.2) is 0 Å². The third-order valence-corrected chi connectivity index (χ3v) is 11.2. The summed E-state index contributed by atoms with van der Waals surface area (Å²) in [5, 5.41) is 16.8. The number of hydrogen-bond donors (Lipinski definition) is 0. The van der Waals surface area contributed by atoms with Gasteiger partial charge in [0.1, 0.15) is 22.3 Å². The molecule has 12 aromatic rings. The monoisotopic (exact) mass is 660 g/mol. The van der Waals surface area contributed by atoms with Crippen LogP contribution < -0.4 is 0 Å². The van der Waals surface area contributed by atoms with Crippen LogP contribution in [0.2, 0.25) is 0 Å². The van der Waals surface area contributed by atoms with Crippen LogP contribution in [-0.2, 0) is 0 Å². The Morgan fingerprint density at radius 2 is 0.596 bits per heavy atom. The largest absolute Gasteiger partial charge is 0.455 e. The molecule has 2 aromatic heterocycles. The number of rotatable bonds is 2. The van der Waals surface area contributed by atoms with Gasteiger partial charge >= 0.3 is 0 Å². The fourth-order valence-corrected chi connectivity index (χ4v) is 9.04. The molecule has 0 aliphatic rings. The lowest BCUT2D eigenvalue weighted by atomic mass is 9.84. The molecule has 0 spiro atoms. The molecule has 52 heavy (non-hydrogen) atoms. The predicted molar refractivity (Wildman–Crippen MR) is 219 cm³/mol. The van der Waals surface area contributed by atoms with Gasteiger partial charge in [0.2, 0.25) is 0 Å². The van der Waals surface area contributed by atoms with Crippen LogP contribution in [0.4, 0.5) is 0 Å². The molecule has 240 valence electrons. The second-order valence-corrected chi connectivity index (χ2v) is 13.9. The summed E-state index contributed by atoms with van der Waals surface area (Å²) in [6.45, 7) is 0. The molecule has 2 nitrogen and oxygen atoms in total. The summed E-state index contributed by atoms with van der Waals surface area (Å²) >= 11 is 0. The van der Waals surface area contributed by atoms with Gasteiger partial charge < -0.3 is 8.83 Å². The van der Waals surface area contributed by atoms with E-state index in [2.05, 4.69) is 158 Å². The van der Waals surface area contributed by atoms with Crippen LogP contribution in [-0.4, -0.2) is 0 Å². The Morgan fingerprint density at radius 3 is 1.08 bits per heavy atom. The first kappa shape index (κ1) is 27.9. The summed E-state index contributed by atoms with van der Waals surface area (Å²) in [5.74, 6) is 0. The maximum atomic E-state index is 6.82. The van der Waals surface area contributed by atoms with Gasteiger partial charge in [-0.1, -0.05) is 146 Å². The maximum Gasteiger partial charge on any atom is 0.147 e. The van der Waals surface area contributed by atoms with Crippen LogP contribution >= 0.6 is 0 Å². The lowest BCUT2D eigenvalue weighted by Crippen LogP contribution is -1.92.